The second-order valence-electron chi connectivity index (χ2n) is 6.63. The van der Waals surface area contributed by atoms with E-state index >= 15 is 0 Å². The lowest BCUT2D eigenvalue weighted by atomic mass is 9.93. The van der Waals surface area contributed by atoms with Crippen LogP contribution in [0.1, 0.15) is 51.1 Å². The average Bonchev–Trinajstić information content (AvgIpc) is 2.53. The smallest absolute Gasteiger partial charge is 0.0409 e. The van der Waals surface area contributed by atoms with E-state index in [2.05, 4.69) is 41.8 Å². The highest BCUT2D eigenvalue weighted by molar-refractivity contribution is 6.30. The molecule has 0 saturated carbocycles. The molecule has 0 aromatic heterocycles. The van der Waals surface area contributed by atoms with Crippen LogP contribution >= 0.6 is 11.6 Å². The fourth-order valence-corrected chi connectivity index (χ4v) is 4.27. The summed E-state index contributed by atoms with van der Waals surface area (Å²) in [5.74, 6) is 0. The van der Waals surface area contributed by atoms with Crippen molar-refractivity contribution in [1.29, 1.82) is 0 Å². The van der Waals surface area contributed by atoms with Crippen LogP contribution in [-0.4, -0.2) is 41.5 Å². The Morgan fingerprint density at radius 3 is 2.90 bits per heavy atom. The maximum atomic E-state index is 6.18. The van der Waals surface area contributed by atoms with E-state index in [0.29, 0.717) is 12.1 Å². The molecular formula is C18H27ClN2. The normalized spacial score (nSPS) is 29.1. The van der Waals surface area contributed by atoms with Crippen LogP contribution in [0.4, 0.5) is 0 Å². The number of benzene rings is 1. The number of halogens is 1. The summed E-state index contributed by atoms with van der Waals surface area (Å²) in [7, 11) is 0. The molecule has 2 aliphatic rings. The molecule has 1 aromatic carbocycles. The van der Waals surface area contributed by atoms with Crippen LogP contribution in [0.2, 0.25) is 5.02 Å². The Bertz CT molecular complexity index is 476. The Morgan fingerprint density at radius 1 is 1.29 bits per heavy atom. The molecule has 0 bridgehead atoms. The summed E-state index contributed by atoms with van der Waals surface area (Å²) in [5.41, 5.74) is 1.35. The Labute approximate surface area is 134 Å². The van der Waals surface area contributed by atoms with Gasteiger partial charge in [0, 0.05) is 36.2 Å². The number of nitrogens with zero attached hydrogens (tertiary/aromatic N) is 2. The largest absolute Gasteiger partial charge is 0.298 e. The second-order valence-corrected chi connectivity index (χ2v) is 7.07. The fourth-order valence-electron chi connectivity index (χ4n) is 4.07. The maximum absolute atomic E-state index is 6.18. The van der Waals surface area contributed by atoms with E-state index < -0.39 is 0 Å². The Balaban J connectivity index is 1.78. The van der Waals surface area contributed by atoms with E-state index in [9.17, 15) is 0 Å². The Hall–Kier alpha value is -0.570. The minimum Gasteiger partial charge on any atom is -0.298 e. The van der Waals surface area contributed by atoms with Gasteiger partial charge in [-0.25, -0.2) is 0 Å². The first kappa shape index (κ1) is 15.3. The van der Waals surface area contributed by atoms with Crippen molar-refractivity contribution in [2.75, 3.05) is 19.6 Å². The highest BCUT2D eigenvalue weighted by atomic mass is 35.5. The fraction of sp³-hybridized carbons (Fsp3) is 0.667. The van der Waals surface area contributed by atoms with Crippen molar-refractivity contribution in [3.63, 3.8) is 0 Å². The molecule has 2 nitrogen and oxygen atoms in total. The van der Waals surface area contributed by atoms with Crippen LogP contribution < -0.4 is 0 Å². The first-order chi connectivity index (χ1) is 10.2. The molecule has 0 N–H and O–H groups in total. The maximum Gasteiger partial charge on any atom is 0.0409 e. The van der Waals surface area contributed by atoms with Gasteiger partial charge in [0.05, 0.1) is 0 Å². The third-order valence-corrected chi connectivity index (χ3v) is 5.62. The zero-order valence-electron chi connectivity index (χ0n) is 13.3. The van der Waals surface area contributed by atoms with E-state index in [1.165, 1.54) is 50.9 Å². The van der Waals surface area contributed by atoms with Crippen molar-refractivity contribution in [1.82, 2.24) is 9.80 Å². The quantitative estimate of drug-likeness (QED) is 0.819. The predicted octanol–water partition coefficient (Wildman–Crippen LogP) is 4.35. The van der Waals surface area contributed by atoms with Gasteiger partial charge in [-0.2, -0.15) is 0 Å². The van der Waals surface area contributed by atoms with Gasteiger partial charge < -0.3 is 0 Å². The van der Waals surface area contributed by atoms with E-state index in [-0.39, 0.29) is 0 Å². The first-order valence-electron chi connectivity index (χ1n) is 8.44. The number of fused-ring (bicyclic) bond motifs is 1. The minimum atomic E-state index is 0.456. The van der Waals surface area contributed by atoms with Crippen molar-refractivity contribution in [2.45, 2.75) is 57.7 Å². The van der Waals surface area contributed by atoms with Gasteiger partial charge in [-0.05, 0) is 50.4 Å². The summed E-state index contributed by atoms with van der Waals surface area (Å²) in [5, 5.41) is 0.851. The molecule has 0 spiro atoms. The lowest BCUT2D eigenvalue weighted by Crippen LogP contribution is -2.59. The zero-order chi connectivity index (χ0) is 14.8. The van der Waals surface area contributed by atoms with Gasteiger partial charge in [-0.1, -0.05) is 37.1 Å². The van der Waals surface area contributed by atoms with Gasteiger partial charge in [0.25, 0.3) is 0 Å². The molecule has 3 atom stereocenters. The van der Waals surface area contributed by atoms with Crippen molar-refractivity contribution in [3.8, 4) is 0 Å². The highest BCUT2D eigenvalue weighted by Gasteiger charge is 2.36. The molecule has 3 rings (SSSR count). The molecule has 2 aliphatic heterocycles. The molecule has 2 fully saturated rings. The molecule has 3 heteroatoms. The highest BCUT2D eigenvalue weighted by Crippen LogP contribution is 2.32. The summed E-state index contributed by atoms with van der Waals surface area (Å²) in [6.45, 7) is 8.43. The standard InChI is InChI=1S/C18H27ClN2/c1-3-17-12-20-10-5-4-9-18(20)13-21(17)14(2)15-7-6-8-16(19)11-15/h6-8,11,14,17-18H,3-5,9-10,12-13H2,1-2H3. The number of piperazine rings is 1. The van der Waals surface area contributed by atoms with E-state index in [0.717, 1.165) is 11.1 Å². The SMILES string of the molecule is CCC1CN2CCCCC2CN1C(C)c1cccc(Cl)c1. The Kier molecular flexibility index (Phi) is 4.88. The summed E-state index contributed by atoms with van der Waals surface area (Å²) in [4.78, 5) is 5.46. The molecule has 0 amide bonds. The lowest BCUT2D eigenvalue weighted by molar-refractivity contribution is -0.0123. The molecule has 1 aromatic rings. The topological polar surface area (TPSA) is 6.48 Å². The molecule has 0 radical (unpaired) electrons. The second kappa shape index (κ2) is 6.68. The molecule has 2 heterocycles. The molecule has 21 heavy (non-hydrogen) atoms. The molecule has 2 saturated heterocycles. The van der Waals surface area contributed by atoms with Gasteiger partial charge >= 0.3 is 0 Å². The number of piperidine rings is 1. The summed E-state index contributed by atoms with van der Waals surface area (Å²) < 4.78 is 0. The first-order valence-corrected chi connectivity index (χ1v) is 8.82. The zero-order valence-corrected chi connectivity index (χ0v) is 14.0. The predicted molar refractivity (Wildman–Crippen MR) is 89.9 cm³/mol. The van der Waals surface area contributed by atoms with Crippen LogP contribution in [0.15, 0.2) is 24.3 Å². The molecule has 0 aliphatic carbocycles. The van der Waals surface area contributed by atoms with E-state index in [1.807, 2.05) is 6.07 Å². The van der Waals surface area contributed by atoms with Crippen molar-refractivity contribution < 1.29 is 0 Å². The average molecular weight is 307 g/mol. The van der Waals surface area contributed by atoms with Crippen molar-refractivity contribution in [3.05, 3.63) is 34.9 Å². The number of hydrogen-bond acceptors (Lipinski definition) is 2. The van der Waals surface area contributed by atoms with Crippen molar-refractivity contribution in [2.24, 2.45) is 0 Å². The van der Waals surface area contributed by atoms with Gasteiger partial charge in [0.2, 0.25) is 0 Å². The number of hydrogen-bond donors (Lipinski definition) is 0. The van der Waals surface area contributed by atoms with Gasteiger partial charge in [-0.3, -0.25) is 9.80 Å². The van der Waals surface area contributed by atoms with Crippen LogP contribution in [-0.2, 0) is 0 Å². The van der Waals surface area contributed by atoms with Crippen LogP contribution in [0.5, 0.6) is 0 Å². The Morgan fingerprint density at radius 2 is 2.14 bits per heavy atom. The number of rotatable bonds is 3. The lowest BCUT2D eigenvalue weighted by Gasteiger charge is -2.50. The monoisotopic (exact) mass is 306 g/mol. The van der Waals surface area contributed by atoms with Crippen LogP contribution in [0.25, 0.3) is 0 Å². The third kappa shape index (κ3) is 3.28. The minimum absolute atomic E-state index is 0.456. The molecule has 3 unspecified atom stereocenters. The van der Waals surface area contributed by atoms with E-state index in [4.69, 9.17) is 11.6 Å². The molecule has 116 valence electrons. The van der Waals surface area contributed by atoms with Gasteiger partial charge in [-0.15, -0.1) is 0 Å². The summed E-state index contributed by atoms with van der Waals surface area (Å²) in [6.07, 6.45) is 5.39. The van der Waals surface area contributed by atoms with Crippen LogP contribution in [0.3, 0.4) is 0 Å². The van der Waals surface area contributed by atoms with Gasteiger partial charge in [0.15, 0.2) is 0 Å². The van der Waals surface area contributed by atoms with Gasteiger partial charge in [0.1, 0.15) is 0 Å². The summed E-state index contributed by atoms with van der Waals surface area (Å²) in [6, 6.07) is 10.3. The van der Waals surface area contributed by atoms with E-state index in [1.54, 1.807) is 0 Å². The summed E-state index contributed by atoms with van der Waals surface area (Å²) >= 11 is 6.18. The van der Waals surface area contributed by atoms with Crippen molar-refractivity contribution >= 4 is 11.6 Å². The van der Waals surface area contributed by atoms with Crippen LogP contribution in [0, 0.1) is 0 Å². The third-order valence-electron chi connectivity index (χ3n) is 5.38. The molecular weight excluding hydrogens is 280 g/mol.